The summed E-state index contributed by atoms with van der Waals surface area (Å²) in [4.78, 5) is 26.3. The number of ether oxygens (including phenoxy) is 1. The van der Waals surface area contributed by atoms with E-state index in [4.69, 9.17) is 4.74 Å². The Bertz CT molecular complexity index is 1410. The van der Waals surface area contributed by atoms with Crippen LogP contribution in [0.1, 0.15) is 39.9 Å². The average molecular weight is 536 g/mol. The molecule has 2 N–H and O–H groups in total. The monoisotopic (exact) mass is 535 g/mol. The van der Waals surface area contributed by atoms with E-state index >= 15 is 0 Å². The van der Waals surface area contributed by atoms with Gasteiger partial charge in [0.15, 0.2) is 0 Å². The number of carbonyl (C=O) groups excluding carboxylic acids is 2. The van der Waals surface area contributed by atoms with Crippen molar-refractivity contribution < 1.29 is 22.7 Å². The van der Waals surface area contributed by atoms with E-state index in [9.17, 15) is 18.0 Å². The summed E-state index contributed by atoms with van der Waals surface area (Å²) in [5.41, 5.74) is 3.52. The van der Waals surface area contributed by atoms with E-state index in [1.807, 2.05) is 26.0 Å². The van der Waals surface area contributed by atoms with E-state index in [1.54, 1.807) is 49.4 Å². The average Bonchev–Trinajstić information content (AvgIpc) is 3.42. The standard InChI is InChI=1S/C29H33N3O5S/c1-20-11-14-24(15-12-20)38(35,36)32(27-17-21(2)10-13-22(27)3)19-28(33)31-26-9-5-4-8-25(26)29(34)30-18-23-7-6-16-37-23/h4-5,8-15,17,23H,6-7,16,18-19H2,1-3H3,(H,30,34)(H,31,33)/t23-/m0/s1. The number of hydrogen-bond donors (Lipinski definition) is 2. The van der Waals surface area contributed by atoms with Crippen molar-refractivity contribution >= 4 is 33.2 Å². The van der Waals surface area contributed by atoms with Crippen molar-refractivity contribution in [1.82, 2.24) is 5.32 Å². The van der Waals surface area contributed by atoms with Crippen molar-refractivity contribution in [2.45, 2.75) is 44.6 Å². The minimum atomic E-state index is -4.06. The molecule has 1 atom stereocenters. The Labute approximate surface area is 224 Å². The van der Waals surface area contributed by atoms with Crippen LogP contribution < -0.4 is 14.9 Å². The molecule has 38 heavy (non-hydrogen) atoms. The highest BCUT2D eigenvalue weighted by Gasteiger charge is 2.29. The molecule has 1 fully saturated rings. The van der Waals surface area contributed by atoms with Crippen molar-refractivity contribution in [2.24, 2.45) is 0 Å². The predicted molar refractivity (Wildman–Crippen MR) is 148 cm³/mol. The van der Waals surface area contributed by atoms with Crippen LogP contribution in [0.15, 0.2) is 71.6 Å². The number of carbonyl (C=O) groups is 2. The van der Waals surface area contributed by atoms with Gasteiger partial charge in [-0.15, -0.1) is 0 Å². The molecule has 1 heterocycles. The fraction of sp³-hybridized carbons (Fsp3) is 0.310. The highest BCUT2D eigenvalue weighted by molar-refractivity contribution is 7.92. The molecule has 1 aliphatic rings. The van der Waals surface area contributed by atoms with Crippen LogP contribution in [-0.2, 0) is 19.6 Å². The first-order chi connectivity index (χ1) is 18.1. The van der Waals surface area contributed by atoms with Gasteiger partial charge in [-0.25, -0.2) is 8.42 Å². The Morgan fingerprint density at radius 1 is 0.974 bits per heavy atom. The second-order valence-electron chi connectivity index (χ2n) is 9.55. The van der Waals surface area contributed by atoms with Crippen LogP contribution >= 0.6 is 0 Å². The number of para-hydroxylation sites is 1. The lowest BCUT2D eigenvalue weighted by Crippen LogP contribution is -2.39. The first-order valence-corrected chi connectivity index (χ1v) is 14.0. The molecule has 4 rings (SSSR count). The Kier molecular flexibility index (Phi) is 8.48. The Morgan fingerprint density at radius 3 is 2.39 bits per heavy atom. The summed E-state index contributed by atoms with van der Waals surface area (Å²) in [5, 5.41) is 5.61. The van der Waals surface area contributed by atoms with Crippen molar-refractivity contribution in [1.29, 1.82) is 0 Å². The number of hydrogen-bond acceptors (Lipinski definition) is 5. The van der Waals surface area contributed by atoms with Gasteiger partial charge in [0.2, 0.25) is 5.91 Å². The number of aryl methyl sites for hydroxylation is 3. The van der Waals surface area contributed by atoms with Gasteiger partial charge in [-0.1, -0.05) is 42.0 Å². The summed E-state index contributed by atoms with van der Waals surface area (Å²) in [7, 11) is -4.06. The Morgan fingerprint density at radius 2 is 1.68 bits per heavy atom. The topological polar surface area (TPSA) is 105 Å². The zero-order valence-corrected chi connectivity index (χ0v) is 22.7. The first kappa shape index (κ1) is 27.3. The van der Waals surface area contributed by atoms with E-state index in [2.05, 4.69) is 10.6 Å². The molecule has 0 spiro atoms. The van der Waals surface area contributed by atoms with Crippen LogP contribution in [-0.4, -0.2) is 46.0 Å². The third kappa shape index (κ3) is 6.41. The fourth-order valence-corrected chi connectivity index (χ4v) is 5.82. The van der Waals surface area contributed by atoms with Crippen LogP contribution in [0.4, 0.5) is 11.4 Å². The molecule has 0 unspecified atom stereocenters. The molecular formula is C29H33N3O5S. The smallest absolute Gasteiger partial charge is 0.264 e. The molecule has 3 aromatic rings. The largest absolute Gasteiger partial charge is 0.376 e. The lowest BCUT2D eigenvalue weighted by atomic mass is 10.1. The molecule has 200 valence electrons. The lowest BCUT2D eigenvalue weighted by molar-refractivity contribution is -0.114. The second kappa shape index (κ2) is 11.8. The number of sulfonamides is 1. The van der Waals surface area contributed by atoms with E-state index < -0.39 is 22.5 Å². The predicted octanol–water partition coefficient (Wildman–Crippen LogP) is 4.35. The zero-order valence-electron chi connectivity index (χ0n) is 21.9. The highest BCUT2D eigenvalue weighted by atomic mass is 32.2. The minimum absolute atomic E-state index is 0.0150. The van der Waals surface area contributed by atoms with Crippen molar-refractivity contribution in [3.05, 3.63) is 89.0 Å². The van der Waals surface area contributed by atoms with Gasteiger partial charge in [0.1, 0.15) is 6.54 Å². The van der Waals surface area contributed by atoms with Crippen molar-refractivity contribution in [2.75, 3.05) is 29.3 Å². The van der Waals surface area contributed by atoms with Gasteiger partial charge in [0, 0.05) is 13.2 Å². The summed E-state index contributed by atoms with van der Waals surface area (Å²) < 4.78 is 34.2. The maximum Gasteiger partial charge on any atom is 0.264 e. The summed E-state index contributed by atoms with van der Waals surface area (Å²) in [5.74, 6) is -0.906. The number of anilines is 2. The quantitative estimate of drug-likeness (QED) is 0.424. The van der Waals surface area contributed by atoms with Gasteiger partial charge >= 0.3 is 0 Å². The van der Waals surface area contributed by atoms with Crippen LogP contribution in [0, 0.1) is 20.8 Å². The summed E-state index contributed by atoms with van der Waals surface area (Å²) >= 11 is 0. The summed E-state index contributed by atoms with van der Waals surface area (Å²) in [6.07, 6.45) is 1.84. The number of benzene rings is 3. The van der Waals surface area contributed by atoms with E-state index in [0.717, 1.165) is 28.3 Å². The molecule has 9 heteroatoms. The summed E-state index contributed by atoms with van der Waals surface area (Å²) in [6.45, 7) is 6.15. The Hall–Kier alpha value is -3.69. The first-order valence-electron chi connectivity index (χ1n) is 12.6. The normalized spacial score (nSPS) is 15.2. The molecule has 0 radical (unpaired) electrons. The zero-order chi connectivity index (χ0) is 27.3. The van der Waals surface area contributed by atoms with Gasteiger partial charge in [-0.3, -0.25) is 13.9 Å². The number of nitrogens with zero attached hydrogens (tertiary/aromatic N) is 1. The second-order valence-corrected chi connectivity index (χ2v) is 11.4. The van der Waals surface area contributed by atoms with Crippen LogP contribution in [0.25, 0.3) is 0 Å². The molecule has 8 nitrogen and oxygen atoms in total. The highest BCUT2D eigenvalue weighted by Crippen LogP contribution is 2.28. The van der Waals surface area contributed by atoms with E-state index in [-0.39, 0.29) is 16.9 Å². The van der Waals surface area contributed by atoms with Crippen LogP contribution in [0.2, 0.25) is 0 Å². The third-order valence-corrected chi connectivity index (χ3v) is 8.26. The van der Waals surface area contributed by atoms with Crippen LogP contribution in [0.5, 0.6) is 0 Å². The third-order valence-electron chi connectivity index (χ3n) is 6.49. The molecule has 2 amide bonds. The lowest BCUT2D eigenvalue weighted by Gasteiger charge is -2.26. The van der Waals surface area contributed by atoms with Gasteiger partial charge < -0.3 is 15.4 Å². The molecule has 1 saturated heterocycles. The van der Waals surface area contributed by atoms with Crippen molar-refractivity contribution in [3.8, 4) is 0 Å². The molecular weight excluding hydrogens is 502 g/mol. The molecule has 0 aromatic heterocycles. The van der Waals surface area contributed by atoms with Gasteiger partial charge in [-0.2, -0.15) is 0 Å². The SMILES string of the molecule is Cc1ccc(S(=O)(=O)N(CC(=O)Nc2ccccc2C(=O)NC[C@@H]2CCCO2)c2cc(C)ccc2C)cc1. The van der Waals surface area contributed by atoms with Crippen LogP contribution in [0.3, 0.4) is 0 Å². The number of rotatable bonds is 9. The maximum absolute atomic E-state index is 13.8. The molecule has 0 saturated carbocycles. The summed E-state index contributed by atoms with van der Waals surface area (Å²) in [6, 6.07) is 18.6. The van der Waals surface area contributed by atoms with E-state index in [1.165, 1.54) is 12.1 Å². The van der Waals surface area contributed by atoms with Gasteiger partial charge in [0.05, 0.1) is 27.9 Å². The molecule has 0 aliphatic carbocycles. The number of nitrogens with one attached hydrogen (secondary N) is 2. The maximum atomic E-state index is 13.8. The minimum Gasteiger partial charge on any atom is -0.376 e. The molecule has 3 aromatic carbocycles. The Balaban J connectivity index is 1.59. The molecule has 0 bridgehead atoms. The van der Waals surface area contributed by atoms with Crippen molar-refractivity contribution in [3.63, 3.8) is 0 Å². The van der Waals surface area contributed by atoms with Gasteiger partial charge in [-0.05, 0) is 75.1 Å². The fourth-order valence-electron chi connectivity index (χ4n) is 4.34. The van der Waals surface area contributed by atoms with E-state index in [0.29, 0.717) is 35.7 Å². The van der Waals surface area contributed by atoms with Gasteiger partial charge in [0.25, 0.3) is 15.9 Å². The molecule has 1 aliphatic heterocycles. The number of amides is 2.